The molecule has 22 heavy (non-hydrogen) atoms. The summed E-state index contributed by atoms with van der Waals surface area (Å²) >= 11 is 1.85. The first-order chi connectivity index (χ1) is 10.3. The van der Waals surface area contributed by atoms with E-state index >= 15 is 0 Å². The molecule has 0 heterocycles. The molecule has 0 saturated heterocycles. The Morgan fingerprint density at radius 3 is 2.55 bits per heavy atom. The molecule has 1 aromatic rings. The fourth-order valence-corrected chi connectivity index (χ4v) is 2.33. The van der Waals surface area contributed by atoms with Gasteiger partial charge in [0.05, 0.1) is 7.11 Å². The van der Waals surface area contributed by atoms with Gasteiger partial charge in [0.15, 0.2) is 5.96 Å². The van der Waals surface area contributed by atoms with E-state index in [1.54, 1.807) is 14.2 Å². The standard InChI is InChI=1S/C16H25N3OS.HI/c1-4-12-21-13-11-19-16(17-2)18-10-9-14-5-7-15(20-3)8-6-14;/h4-8H,1,9-13H2,2-3H3,(H2,17,18,19);1H. The first kappa shape index (κ1) is 21.1. The van der Waals surface area contributed by atoms with E-state index in [0.717, 1.165) is 42.7 Å². The van der Waals surface area contributed by atoms with Crippen molar-refractivity contribution in [2.24, 2.45) is 4.99 Å². The van der Waals surface area contributed by atoms with Crippen molar-refractivity contribution in [3.8, 4) is 5.75 Å². The van der Waals surface area contributed by atoms with E-state index in [4.69, 9.17) is 4.74 Å². The van der Waals surface area contributed by atoms with Crippen molar-refractivity contribution in [1.29, 1.82) is 0 Å². The number of hydrogen-bond acceptors (Lipinski definition) is 3. The molecule has 6 heteroatoms. The molecule has 0 radical (unpaired) electrons. The minimum absolute atomic E-state index is 0. The van der Waals surface area contributed by atoms with Crippen molar-refractivity contribution in [3.63, 3.8) is 0 Å². The molecule has 0 amide bonds. The van der Waals surface area contributed by atoms with Crippen LogP contribution in [0.2, 0.25) is 0 Å². The average Bonchev–Trinajstić information content (AvgIpc) is 2.53. The molecule has 124 valence electrons. The van der Waals surface area contributed by atoms with E-state index in [-0.39, 0.29) is 24.0 Å². The minimum atomic E-state index is 0. The lowest BCUT2D eigenvalue weighted by atomic mass is 10.1. The van der Waals surface area contributed by atoms with Crippen LogP contribution in [0.15, 0.2) is 41.9 Å². The van der Waals surface area contributed by atoms with Crippen molar-refractivity contribution >= 4 is 41.7 Å². The maximum atomic E-state index is 5.15. The summed E-state index contributed by atoms with van der Waals surface area (Å²) in [6, 6.07) is 8.14. The summed E-state index contributed by atoms with van der Waals surface area (Å²) in [4.78, 5) is 4.21. The number of ether oxygens (including phenoxy) is 1. The largest absolute Gasteiger partial charge is 0.497 e. The molecule has 0 bridgehead atoms. The highest BCUT2D eigenvalue weighted by molar-refractivity contribution is 14.0. The lowest BCUT2D eigenvalue weighted by Crippen LogP contribution is -2.39. The monoisotopic (exact) mass is 435 g/mol. The summed E-state index contributed by atoms with van der Waals surface area (Å²) in [5.74, 6) is 3.78. The smallest absolute Gasteiger partial charge is 0.191 e. The molecule has 0 aromatic heterocycles. The van der Waals surface area contributed by atoms with E-state index in [0.29, 0.717) is 0 Å². The zero-order valence-electron chi connectivity index (χ0n) is 13.3. The number of nitrogens with one attached hydrogen (secondary N) is 2. The number of guanidine groups is 1. The van der Waals surface area contributed by atoms with Gasteiger partial charge in [0.1, 0.15) is 5.75 Å². The number of thioether (sulfide) groups is 1. The Kier molecular flexibility index (Phi) is 13.2. The molecular formula is C16H26IN3OS. The minimum Gasteiger partial charge on any atom is -0.497 e. The number of benzene rings is 1. The normalized spacial score (nSPS) is 10.5. The van der Waals surface area contributed by atoms with E-state index in [1.807, 2.05) is 30.0 Å². The number of rotatable bonds is 9. The summed E-state index contributed by atoms with van der Waals surface area (Å²) < 4.78 is 5.15. The fraction of sp³-hybridized carbons (Fsp3) is 0.438. The first-order valence-corrected chi connectivity index (χ1v) is 8.21. The molecular weight excluding hydrogens is 409 g/mol. The van der Waals surface area contributed by atoms with Gasteiger partial charge < -0.3 is 15.4 Å². The van der Waals surface area contributed by atoms with Gasteiger partial charge >= 0.3 is 0 Å². The molecule has 0 atom stereocenters. The van der Waals surface area contributed by atoms with Crippen LogP contribution >= 0.6 is 35.7 Å². The summed E-state index contributed by atoms with van der Waals surface area (Å²) in [5.41, 5.74) is 1.28. The summed E-state index contributed by atoms with van der Waals surface area (Å²) in [6.07, 6.45) is 2.88. The maximum Gasteiger partial charge on any atom is 0.191 e. The topological polar surface area (TPSA) is 45.7 Å². The van der Waals surface area contributed by atoms with E-state index in [1.165, 1.54) is 5.56 Å². The van der Waals surface area contributed by atoms with E-state index < -0.39 is 0 Å². The van der Waals surface area contributed by atoms with Crippen LogP contribution in [0.1, 0.15) is 5.56 Å². The van der Waals surface area contributed by atoms with Crippen LogP contribution < -0.4 is 15.4 Å². The van der Waals surface area contributed by atoms with Crippen molar-refractivity contribution in [3.05, 3.63) is 42.5 Å². The summed E-state index contributed by atoms with van der Waals surface area (Å²) in [7, 11) is 3.47. The molecule has 0 spiro atoms. The Morgan fingerprint density at radius 2 is 1.95 bits per heavy atom. The third kappa shape index (κ3) is 9.19. The molecule has 2 N–H and O–H groups in total. The van der Waals surface area contributed by atoms with Crippen LogP contribution in [-0.4, -0.2) is 44.7 Å². The highest BCUT2D eigenvalue weighted by Crippen LogP contribution is 2.11. The maximum absolute atomic E-state index is 5.15. The van der Waals surface area contributed by atoms with Crippen molar-refractivity contribution in [2.45, 2.75) is 6.42 Å². The molecule has 0 aliphatic carbocycles. The Bertz CT molecular complexity index is 438. The van der Waals surface area contributed by atoms with Crippen molar-refractivity contribution in [1.82, 2.24) is 10.6 Å². The van der Waals surface area contributed by atoms with Gasteiger partial charge in [0, 0.05) is 31.6 Å². The third-order valence-corrected chi connectivity index (χ3v) is 3.83. The predicted octanol–water partition coefficient (Wildman–Crippen LogP) is 2.94. The molecule has 0 aliphatic heterocycles. The SMILES string of the molecule is C=CCSCCNC(=NC)NCCc1ccc(OC)cc1.I. The Morgan fingerprint density at radius 1 is 1.27 bits per heavy atom. The van der Waals surface area contributed by atoms with Crippen molar-refractivity contribution < 1.29 is 4.74 Å². The van der Waals surface area contributed by atoms with Gasteiger partial charge in [-0.25, -0.2) is 0 Å². The fourth-order valence-electron chi connectivity index (χ4n) is 1.75. The van der Waals surface area contributed by atoms with E-state index in [9.17, 15) is 0 Å². The number of hydrogen-bond donors (Lipinski definition) is 2. The van der Waals surface area contributed by atoms with Gasteiger partial charge in [-0.2, -0.15) is 11.8 Å². The molecule has 0 saturated carbocycles. The average molecular weight is 435 g/mol. The van der Waals surface area contributed by atoms with Gasteiger partial charge in [-0.1, -0.05) is 18.2 Å². The van der Waals surface area contributed by atoms with Crippen molar-refractivity contribution in [2.75, 3.05) is 38.8 Å². The zero-order valence-corrected chi connectivity index (χ0v) is 16.4. The zero-order chi connectivity index (χ0) is 15.3. The second-order valence-electron chi connectivity index (χ2n) is 4.39. The lowest BCUT2D eigenvalue weighted by Gasteiger charge is -2.11. The molecule has 0 fully saturated rings. The van der Waals surface area contributed by atoms with Gasteiger partial charge in [-0.15, -0.1) is 30.6 Å². The quantitative estimate of drug-likeness (QED) is 0.206. The van der Waals surface area contributed by atoms with Crippen LogP contribution in [0.5, 0.6) is 5.75 Å². The first-order valence-electron chi connectivity index (χ1n) is 7.06. The van der Waals surface area contributed by atoms with Crippen LogP contribution in [0.25, 0.3) is 0 Å². The Labute approximate surface area is 155 Å². The van der Waals surface area contributed by atoms with Gasteiger partial charge in [-0.05, 0) is 24.1 Å². The number of halogens is 1. The lowest BCUT2D eigenvalue weighted by molar-refractivity contribution is 0.414. The number of aliphatic imine (C=N–C) groups is 1. The van der Waals surface area contributed by atoms with Crippen LogP contribution in [-0.2, 0) is 6.42 Å². The second kappa shape index (κ2) is 13.8. The Balaban J connectivity index is 0.00000441. The number of methoxy groups -OCH3 is 1. The molecule has 0 aliphatic rings. The highest BCUT2D eigenvalue weighted by atomic mass is 127. The molecule has 1 aromatic carbocycles. The van der Waals surface area contributed by atoms with Gasteiger partial charge in [-0.3, -0.25) is 4.99 Å². The van der Waals surface area contributed by atoms with Crippen LogP contribution in [0, 0.1) is 0 Å². The van der Waals surface area contributed by atoms with Crippen LogP contribution in [0.4, 0.5) is 0 Å². The van der Waals surface area contributed by atoms with Gasteiger partial charge in [0.2, 0.25) is 0 Å². The molecule has 0 unspecified atom stereocenters. The second-order valence-corrected chi connectivity index (χ2v) is 5.54. The molecule has 4 nitrogen and oxygen atoms in total. The number of nitrogens with zero attached hydrogens (tertiary/aromatic N) is 1. The predicted molar refractivity (Wildman–Crippen MR) is 109 cm³/mol. The van der Waals surface area contributed by atoms with Gasteiger partial charge in [0.25, 0.3) is 0 Å². The Hall–Kier alpha value is -0.890. The highest BCUT2D eigenvalue weighted by Gasteiger charge is 1.98. The summed E-state index contributed by atoms with van der Waals surface area (Å²) in [5, 5.41) is 6.61. The molecule has 1 rings (SSSR count). The van der Waals surface area contributed by atoms with Crippen LogP contribution in [0.3, 0.4) is 0 Å². The van der Waals surface area contributed by atoms with E-state index in [2.05, 4.69) is 34.3 Å². The third-order valence-electron chi connectivity index (χ3n) is 2.86. The summed E-state index contributed by atoms with van der Waals surface area (Å²) in [6.45, 7) is 5.46.